The molecule has 0 aromatic heterocycles. The van der Waals surface area contributed by atoms with Crippen molar-refractivity contribution >= 4 is 27.6 Å². The zero-order chi connectivity index (χ0) is 17.3. The van der Waals surface area contributed by atoms with Gasteiger partial charge in [-0.25, -0.2) is 12.8 Å². The molecule has 1 aromatic rings. The summed E-state index contributed by atoms with van der Waals surface area (Å²) >= 11 is 5.87. The lowest BCUT2D eigenvalue weighted by molar-refractivity contribution is -0.150. The van der Waals surface area contributed by atoms with Crippen LogP contribution in [0.2, 0.25) is 5.02 Å². The number of hydrogen-bond acceptors (Lipinski definition) is 4. The first-order chi connectivity index (χ1) is 10.7. The molecule has 1 unspecified atom stereocenters. The molecule has 6 nitrogen and oxygen atoms in total. The first-order valence-electron chi connectivity index (χ1n) is 6.90. The van der Waals surface area contributed by atoms with Gasteiger partial charge in [-0.1, -0.05) is 17.7 Å². The van der Waals surface area contributed by atoms with E-state index in [0.717, 1.165) is 10.4 Å². The molecule has 1 heterocycles. The van der Waals surface area contributed by atoms with Crippen molar-refractivity contribution < 1.29 is 27.4 Å². The van der Waals surface area contributed by atoms with Gasteiger partial charge >= 0.3 is 5.97 Å². The van der Waals surface area contributed by atoms with Gasteiger partial charge in [0.15, 0.2) is 5.54 Å². The molecule has 0 saturated carbocycles. The number of methoxy groups -OCH3 is 1. The second kappa shape index (κ2) is 6.72. The van der Waals surface area contributed by atoms with Crippen molar-refractivity contribution in [1.82, 2.24) is 4.31 Å². The summed E-state index contributed by atoms with van der Waals surface area (Å²) in [6, 6.07) is 3.87. The van der Waals surface area contributed by atoms with Gasteiger partial charge in [0.05, 0.1) is 12.4 Å². The minimum atomic E-state index is -4.08. The van der Waals surface area contributed by atoms with Crippen LogP contribution in [0.1, 0.15) is 18.4 Å². The fourth-order valence-corrected chi connectivity index (χ4v) is 5.13. The van der Waals surface area contributed by atoms with Gasteiger partial charge in [-0.15, -0.1) is 0 Å². The van der Waals surface area contributed by atoms with E-state index in [9.17, 15) is 22.7 Å². The van der Waals surface area contributed by atoms with E-state index in [1.54, 1.807) is 0 Å². The summed E-state index contributed by atoms with van der Waals surface area (Å²) in [6.07, 6.45) is 0.528. The van der Waals surface area contributed by atoms with Crippen LogP contribution in [-0.2, 0) is 25.3 Å². The van der Waals surface area contributed by atoms with Crippen molar-refractivity contribution in [2.75, 3.05) is 20.3 Å². The lowest BCUT2D eigenvalue weighted by Crippen LogP contribution is -2.56. The summed E-state index contributed by atoms with van der Waals surface area (Å²) in [4.78, 5) is 11.7. The van der Waals surface area contributed by atoms with Gasteiger partial charge in [0, 0.05) is 24.2 Å². The summed E-state index contributed by atoms with van der Waals surface area (Å²) in [5.74, 6) is -2.72. The fourth-order valence-electron chi connectivity index (χ4n) is 2.85. The van der Waals surface area contributed by atoms with Gasteiger partial charge in [0.2, 0.25) is 10.0 Å². The molecule has 1 aliphatic heterocycles. The number of rotatable bonds is 6. The highest BCUT2D eigenvalue weighted by Gasteiger charge is 2.53. The van der Waals surface area contributed by atoms with E-state index in [0.29, 0.717) is 6.42 Å². The predicted octanol–water partition coefficient (Wildman–Crippen LogP) is 1.87. The molecule has 9 heteroatoms. The number of sulfonamides is 1. The lowest BCUT2D eigenvalue weighted by atomic mass is 9.99. The molecule has 0 radical (unpaired) electrons. The number of ether oxygens (including phenoxy) is 1. The molecule has 1 aromatic carbocycles. The van der Waals surface area contributed by atoms with Crippen LogP contribution in [0.5, 0.6) is 0 Å². The van der Waals surface area contributed by atoms with Crippen LogP contribution in [0, 0.1) is 5.82 Å². The molecular formula is C14H17ClFNO5S. The largest absolute Gasteiger partial charge is 0.480 e. The zero-order valence-electron chi connectivity index (χ0n) is 12.5. The van der Waals surface area contributed by atoms with E-state index >= 15 is 0 Å². The third-order valence-corrected chi connectivity index (χ3v) is 6.15. The second-order valence-electron chi connectivity index (χ2n) is 5.40. The monoisotopic (exact) mass is 365 g/mol. The Hall–Kier alpha value is -1.22. The summed E-state index contributed by atoms with van der Waals surface area (Å²) in [5, 5.41) is 9.50. The first kappa shape index (κ1) is 18.1. The highest BCUT2D eigenvalue weighted by molar-refractivity contribution is 7.88. The van der Waals surface area contributed by atoms with E-state index in [1.807, 2.05) is 0 Å². The minimum absolute atomic E-state index is 0.0135. The van der Waals surface area contributed by atoms with Crippen molar-refractivity contribution in [2.45, 2.75) is 24.1 Å². The van der Waals surface area contributed by atoms with Crippen molar-refractivity contribution in [3.63, 3.8) is 0 Å². The molecule has 0 amide bonds. The van der Waals surface area contributed by atoms with Gasteiger partial charge in [-0.05, 0) is 25.0 Å². The van der Waals surface area contributed by atoms with E-state index < -0.39 is 33.1 Å². The van der Waals surface area contributed by atoms with Gasteiger partial charge in [0.1, 0.15) is 5.82 Å². The van der Waals surface area contributed by atoms with Gasteiger partial charge < -0.3 is 9.84 Å². The van der Waals surface area contributed by atoms with Crippen molar-refractivity contribution in [3.05, 3.63) is 34.6 Å². The Morgan fingerprint density at radius 1 is 1.52 bits per heavy atom. The molecule has 1 N–H and O–H groups in total. The summed E-state index contributed by atoms with van der Waals surface area (Å²) in [5.41, 5.74) is -1.83. The first-order valence-corrected chi connectivity index (χ1v) is 8.89. The number of carbonyl (C=O) groups is 1. The Kier molecular flexibility index (Phi) is 5.30. The molecule has 1 saturated heterocycles. The summed E-state index contributed by atoms with van der Waals surface area (Å²) in [7, 11) is -2.78. The lowest BCUT2D eigenvalue weighted by Gasteiger charge is -2.33. The van der Waals surface area contributed by atoms with Crippen LogP contribution in [0.4, 0.5) is 4.39 Å². The van der Waals surface area contributed by atoms with Crippen LogP contribution in [0.25, 0.3) is 0 Å². The zero-order valence-corrected chi connectivity index (χ0v) is 14.0. The van der Waals surface area contributed by atoms with Crippen LogP contribution < -0.4 is 0 Å². The van der Waals surface area contributed by atoms with Crippen molar-refractivity contribution in [3.8, 4) is 0 Å². The maximum Gasteiger partial charge on any atom is 0.327 e. The number of hydrogen-bond donors (Lipinski definition) is 1. The molecule has 0 spiro atoms. The average molecular weight is 366 g/mol. The highest BCUT2D eigenvalue weighted by Crippen LogP contribution is 2.35. The summed E-state index contributed by atoms with van der Waals surface area (Å²) < 4.78 is 45.0. The highest BCUT2D eigenvalue weighted by atomic mass is 35.5. The quantitative estimate of drug-likeness (QED) is 0.832. The Labute approximate surface area is 138 Å². The normalized spacial score (nSPS) is 22.4. The number of aliphatic carboxylic acids is 1. The van der Waals surface area contributed by atoms with Crippen LogP contribution in [0.15, 0.2) is 18.2 Å². The Morgan fingerprint density at radius 3 is 2.78 bits per heavy atom. The third-order valence-electron chi connectivity index (χ3n) is 3.93. The molecule has 2 rings (SSSR count). The number of carboxylic acids is 1. The molecule has 23 heavy (non-hydrogen) atoms. The van der Waals surface area contributed by atoms with Crippen molar-refractivity contribution in [2.24, 2.45) is 0 Å². The third kappa shape index (κ3) is 3.35. The SMILES string of the molecule is COCC1(C(=O)O)CCCN1S(=O)(=O)Cc1c(F)cccc1Cl. The number of benzene rings is 1. The van der Waals surface area contributed by atoms with Gasteiger partial charge in [0.25, 0.3) is 0 Å². The Bertz CT molecular complexity index is 691. The maximum absolute atomic E-state index is 13.9. The smallest absolute Gasteiger partial charge is 0.327 e. The summed E-state index contributed by atoms with van der Waals surface area (Å²) in [6.45, 7) is -0.226. The second-order valence-corrected chi connectivity index (χ2v) is 7.70. The standard InChI is InChI=1S/C14H17ClFNO5S/c1-22-9-14(13(18)19)6-3-7-17(14)23(20,21)8-10-11(15)4-2-5-12(10)16/h2,4-5H,3,6-9H2,1H3,(H,18,19). The van der Waals surface area contributed by atoms with Crippen molar-refractivity contribution in [1.29, 1.82) is 0 Å². The molecule has 0 bridgehead atoms. The van der Waals surface area contributed by atoms with Crippen LogP contribution in [-0.4, -0.2) is 49.6 Å². The van der Waals surface area contributed by atoms with E-state index in [-0.39, 0.29) is 30.2 Å². The number of nitrogens with zero attached hydrogens (tertiary/aromatic N) is 1. The molecular weight excluding hydrogens is 349 g/mol. The van der Waals surface area contributed by atoms with Crippen LogP contribution in [0.3, 0.4) is 0 Å². The fraction of sp³-hybridized carbons (Fsp3) is 0.500. The van der Waals surface area contributed by atoms with Crippen LogP contribution >= 0.6 is 11.6 Å². The number of carboxylic acid groups (broad SMARTS) is 1. The maximum atomic E-state index is 13.9. The number of halogens is 2. The van der Waals surface area contributed by atoms with E-state index in [1.165, 1.54) is 19.2 Å². The van der Waals surface area contributed by atoms with E-state index in [4.69, 9.17) is 16.3 Å². The van der Waals surface area contributed by atoms with Gasteiger partial charge in [-0.2, -0.15) is 4.31 Å². The molecule has 128 valence electrons. The Balaban J connectivity index is 2.40. The Morgan fingerprint density at radius 2 is 2.22 bits per heavy atom. The average Bonchev–Trinajstić information content (AvgIpc) is 2.89. The molecule has 1 aliphatic rings. The molecule has 1 fully saturated rings. The molecule has 0 aliphatic carbocycles. The van der Waals surface area contributed by atoms with Gasteiger partial charge in [-0.3, -0.25) is 4.79 Å². The van der Waals surface area contributed by atoms with E-state index in [2.05, 4.69) is 0 Å². The minimum Gasteiger partial charge on any atom is -0.480 e. The molecule has 1 atom stereocenters. The topological polar surface area (TPSA) is 83.9 Å². The predicted molar refractivity (Wildman–Crippen MR) is 82.2 cm³/mol.